The fourth-order valence-electron chi connectivity index (χ4n) is 2.64. The maximum absolute atomic E-state index is 12.5. The normalized spacial score (nSPS) is 16.4. The molecular weight excluding hydrogens is 342 g/mol. The SMILES string of the molecule is O=C(NCC1CCCO1)c1ccccc1NC(=O)c1cccnc1Cl. The van der Waals surface area contributed by atoms with E-state index in [1.165, 1.54) is 6.20 Å². The summed E-state index contributed by atoms with van der Waals surface area (Å²) in [6.07, 6.45) is 3.52. The zero-order valence-electron chi connectivity index (χ0n) is 13.5. The summed E-state index contributed by atoms with van der Waals surface area (Å²) in [6, 6.07) is 10.0. The molecule has 1 unspecified atom stereocenters. The Hall–Kier alpha value is -2.44. The minimum Gasteiger partial charge on any atom is -0.376 e. The first kappa shape index (κ1) is 17.4. The van der Waals surface area contributed by atoms with Crippen LogP contribution in [0.5, 0.6) is 0 Å². The molecule has 2 aromatic rings. The highest BCUT2D eigenvalue weighted by molar-refractivity contribution is 6.33. The molecule has 1 saturated heterocycles. The molecule has 6 nitrogen and oxygen atoms in total. The highest BCUT2D eigenvalue weighted by Crippen LogP contribution is 2.19. The predicted octanol–water partition coefficient (Wildman–Crippen LogP) is 2.90. The lowest BCUT2D eigenvalue weighted by Gasteiger charge is -2.14. The molecule has 0 saturated carbocycles. The van der Waals surface area contributed by atoms with E-state index in [0.29, 0.717) is 17.8 Å². The van der Waals surface area contributed by atoms with Crippen molar-refractivity contribution in [3.63, 3.8) is 0 Å². The Morgan fingerprint density at radius 3 is 2.72 bits per heavy atom. The third kappa shape index (κ3) is 4.35. The van der Waals surface area contributed by atoms with Crippen LogP contribution in [0.3, 0.4) is 0 Å². The Morgan fingerprint density at radius 1 is 1.16 bits per heavy atom. The summed E-state index contributed by atoms with van der Waals surface area (Å²) in [6.45, 7) is 1.19. The molecular formula is C18H18ClN3O3. The number of nitrogens with one attached hydrogen (secondary N) is 2. The average molecular weight is 360 g/mol. The number of carbonyl (C=O) groups is 2. The van der Waals surface area contributed by atoms with Gasteiger partial charge in [0, 0.05) is 19.3 Å². The topological polar surface area (TPSA) is 80.3 Å². The third-order valence-electron chi connectivity index (χ3n) is 3.94. The summed E-state index contributed by atoms with van der Waals surface area (Å²) in [5.74, 6) is -0.679. The Balaban J connectivity index is 1.71. The molecule has 0 aliphatic carbocycles. The molecule has 1 fully saturated rings. The van der Waals surface area contributed by atoms with Crippen LogP contribution in [0.15, 0.2) is 42.6 Å². The smallest absolute Gasteiger partial charge is 0.258 e. The third-order valence-corrected chi connectivity index (χ3v) is 4.24. The second kappa shape index (κ2) is 8.09. The minimum absolute atomic E-state index is 0.0555. The van der Waals surface area contributed by atoms with Gasteiger partial charge in [0.1, 0.15) is 5.15 Å². The van der Waals surface area contributed by atoms with Gasteiger partial charge in [-0.25, -0.2) is 4.98 Å². The van der Waals surface area contributed by atoms with Crippen molar-refractivity contribution in [3.05, 3.63) is 58.9 Å². The van der Waals surface area contributed by atoms with Crippen molar-refractivity contribution in [1.29, 1.82) is 0 Å². The van der Waals surface area contributed by atoms with E-state index < -0.39 is 5.91 Å². The zero-order chi connectivity index (χ0) is 17.6. The molecule has 2 amide bonds. The average Bonchev–Trinajstić information content (AvgIpc) is 3.14. The maximum Gasteiger partial charge on any atom is 0.258 e. The zero-order valence-corrected chi connectivity index (χ0v) is 14.3. The van der Waals surface area contributed by atoms with E-state index in [1.54, 1.807) is 36.4 Å². The predicted molar refractivity (Wildman–Crippen MR) is 94.9 cm³/mol. The second-order valence-corrected chi connectivity index (χ2v) is 6.04. The van der Waals surface area contributed by atoms with Crippen molar-refractivity contribution < 1.29 is 14.3 Å². The number of nitrogens with zero attached hydrogens (tertiary/aromatic N) is 1. The number of benzene rings is 1. The van der Waals surface area contributed by atoms with Crippen LogP contribution in [0.4, 0.5) is 5.69 Å². The summed E-state index contributed by atoms with van der Waals surface area (Å²) in [7, 11) is 0. The van der Waals surface area contributed by atoms with Gasteiger partial charge in [0.15, 0.2) is 0 Å². The van der Waals surface area contributed by atoms with Crippen LogP contribution >= 0.6 is 11.6 Å². The molecule has 130 valence electrons. The summed E-state index contributed by atoms with van der Waals surface area (Å²) in [4.78, 5) is 28.7. The molecule has 3 rings (SSSR count). The number of halogens is 1. The van der Waals surface area contributed by atoms with Crippen LogP contribution < -0.4 is 10.6 Å². The van der Waals surface area contributed by atoms with Crippen LogP contribution in [0.25, 0.3) is 0 Å². The summed E-state index contributed by atoms with van der Waals surface area (Å²) in [5, 5.41) is 5.68. The Labute approximate surface area is 150 Å². The van der Waals surface area contributed by atoms with Gasteiger partial charge in [-0.15, -0.1) is 0 Å². The highest BCUT2D eigenvalue weighted by atomic mass is 35.5. The van der Waals surface area contributed by atoms with Gasteiger partial charge in [-0.05, 0) is 37.1 Å². The molecule has 25 heavy (non-hydrogen) atoms. The number of ether oxygens (including phenoxy) is 1. The second-order valence-electron chi connectivity index (χ2n) is 5.69. The fourth-order valence-corrected chi connectivity index (χ4v) is 2.85. The van der Waals surface area contributed by atoms with E-state index in [1.807, 2.05) is 0 Å². The quantitative estimate of drug-likeness (QED) is 0.804. The molecule has 1 aromatic carbocycles. The number of amides is 2. The highest BCUT2D eigenvalue weighted by Gasteiger charge is 2.19. The molecule has 2 N–H and O–H groups in total. The van der Waals surface area contributed by atoms with Gasteiger partial charge in [-0.2, -0.15) is 0 Å². The minimum atomic E-state index is -0.419. The first-order valence-corrected chi connectivity index (χ1v) is 8.43. The van der Waals surface area contributed by atoms with E-state index >= 15 is 0 Å². The number of pyridine rings is 1. The molecule has 1 aromatic heterocycles. The lowest BCUT2D eigenvalue weighted by molar-refractivity contribution is 0.0858. The van der Waals surface area contributed by atoms with Crippen molar-refractivity contribution >= 4 is 29.1 Å². The summed E-state index contributed by atoms with van der Waals surface area (Å²) >= 11 is 5.94. The van der Waals surface area contributed by atoms with Crippen LogP contribution in [0.1, 0.15) is 33.6 Å². The maximum atomic E-state index is 12.5. The van der Waals surface area contributed by atoms with E-state index in [9.17, 15) is 9.59 Å². The van der Waals surface area contributed by atoms with Gasteiger partial charge in [-0.1, -0.05) is 23.7 Å². The van der Waals surface area contributed by atoms with Crippen LogP contribution in [0.2, 0.25) is 5.15 Å². The van der Waals surface area contributed by atoms with Gasteiger partial charge >= 0.3 is 0 Å². The number of anilines is 1. The van der Waals surface area contributed by atoms with Crippen molar-refractivity contribution in [1.82, 2.24) is 10.3 Å². The molecule has 7 heteroatoms. The number of carbonyl (C=O) groups excluding carboxylic acids is 2. The fraction of sp³-hybridized carbons (Fsp3) is 0.278. The lowest BCUT2D eigenvalue weighted by Crippen LogP contribution is -2.32. The Kier molecular flexibility index (Phi) is 5.63. The molecule has 1 aliphatic rings. The van der Waals surface area contributed by atoms with E-state index in [0.717, 1.165) is 19.4 Å². The number of para-hydroxylation sites is 1. The molecule has 1 atom stereocenters. The standard InChI is InChI=1S/C18H18ClN3O3/c19-16-14(7-3-9-20-16)18(24)22-15-8-2-1-6-13(15)17(23)21-11-12-5-4-10-25-12/h1-3,6-9,12H,4-5,10-11H2,(H,21,23)(H,22,24). The molecule has 0 radical (unpaired) electrons. The van der Waals surface area contributed by atoms with Crippen molar-refractivity contribution in [2.75, 3.05) is 18.5 Å². The largest absolute Gasteiger partial charge is 0.376 e. The first-order chi connectivity index (χ1) is 12.1. The number of hydrogen-bond acceptors (Lipinski definition) is 4. The van der Waals surface area contributed by atoms with E-state index in [4.69, 9.17) is 16.3 Å². The van der Waals surface area contributed by atoms with Gasteiger partial charge in [-0.3, -0.25) is 9.59 Å². The number of rotatable bonds is 5. The summed E-state index contributed by atoms with van der Waals surface area (Å²) < 4.78 is 5.50. The number of aromatic nitrogens is 1. The Bertz CT molecular complexity index is 776. The molecule has 0 bridgehead atoms. The van der Waals surface area contributed by atoms with E-state index in [2.05, 4.69) is 15.6 Å². The lowest BCUT2D eigenvalue weighted by atomic mass is 10.1. The van der Waals surface area contributed by atoms with Gasteiger partial charge < -0.3 is 15.4 Å². The molecule has 1 aliphatic heterocycles. The van der Waals surface area contributed by atoms with Crippen molar-refractivity contribution in [3.8, 4) is 0 Å². The molecule has 2 heterocycles. The monoisotopic (exact) mass is 359 g/mol. The van der Waals surface area contributed by atoms with Gasteiger partial charge in [0.25, 0.3) is 11.8 Å². The van der Waals surface area contributed by atoms with Gasteiger partial charge in [0.2, 0.25) is 0 Å². The van der Waals surface area contributed by atoms with Crippen molar-refractivity contribution in [2.24, 2.45) is 0 Å². The Morgan fingerprint density at radius 2 is 1.96 bits per heavy atom. The summed E-state index contributed by atoms with van der Waals surface area (Å²) in [5.41, 5.74) is 1.05. The van der Waals surface area contributed by atoms with E-state index in [-0.39, 0.29) is 22.7 Å². The van der Waals surface area contributed by atoms with Gasteiger partial charge in [0.05, 0.1) is 22.9 Å². The van der Waals surface area contributed by atoms with Crippen molar-refractivity contribution in [2.45, 2.75) is 18.9 Å². The molecule has 0 spiro atoms. The number of hydrogen-bond donors (Lipinski definition) is 2. The first-order valence-electron chi connectivity index (χ1n) is 8.06. The van der Waals surface area contributed by atoms with Crippen LogP contribution in [-0.2, 0) is 4.74 Å². The van der Waals surface area contributed by atoms with Crippen LogP contribution in [0, 0.1) is 0 Å². The van der Waals surface area contributed by atoms with Crippen LogP contribution in [-0.4, -0.2) is 36.1 Å².